The minimum Gasteiger partial charge on any atom is -0.441 e. The van der Waals surface area contributed by atoms with Crippen LogP contribution in [0.25, 0.3) is 11.2 Å². The van der Waals surface area contributed by atoms with Gasteiger partial charge in [-0.05, 0) is 6.42 Å². The third-order valence-corrected chi connectivity index (χ3v) is 2.18. The first-order chi connectivity index (χ1) is 6.36. The monoisotopic (exact) mass is 176 g/mol. The number of aryl methyl sites for hydroxylation is 2. The van der Waals surface area contributed by atoms with Gasteiger partial charge in [0, 0.05) is 24.4 Å². The molecule has 2 heterocycles. The van der Waals surface area contributed by atoms with Crippen LogP contribution in [0.5, 0.6) is 0 Å². The lowest BCUT2D eigenvalue weighted by Crippen LogP contribution is -1.85. The highest BCUT2D eigenvalue weighted by Gasteiger charge is 2.12. The number of hydrogen-bond acceptors (Lipinski definition) is 3. The Bertz CT molecular complexity index is 420. The Balaban J connectivity index is 2.73. The van der Waals surface area contributed by atoms with Gasteiger partial charge in [-0.15, -0.1) is 0 Å². The van der Waals surface area contributed by atoms with Gasteiger partial charge in [0.1, 0.15) is 11.3 Å². The van der Waals surface area contributed by atoms with Crippen LogP contribution in [0.4, 0.5) is 0 Å². The summed E-state index contributed by atoms with van der Waals surface area (Å²) in [6.07, 6.45) is 5.22. The molecule has 0 bridgehead atoms. The topological polar surface area (TPSA) is 38.9 Å². The molecule has 0 amide bonds. The molecule has 13 heavy (non-hydrogen) atoms. The largest absolute Gasteiger partial charge is 0.441 e. The average Bonchev–Trinajstić information content (AvgIpc) is 2.55. The van der Waals surface area contributed by atoms with E-state index in [1.165, 1.54) is 5.56 Å². The molecule has 0 saturated carbocycles. The van der Waals surface area contributed by atoms with E-state index in [-0.39, 0.29) is 0 Å². The van der Waals surface area contributed by atoms with E-state index < -0.39 is 0 Å². The van der Waals surface area contributed by atoms with Crippen molar-refractivity contribution in [2.45, 2.75) is 26.7 Å². The zero-order chi connectivity index (χ0) is 9.26. The molecule has 0 unspecified atom stereocenters. The van der Waals surface area contributed by atoms with E-state index in [1.807, 2.05) is 0 Å². The first-order valence-electron chi connectivity index (χ1n) is 4.58. The normalized spacial score (nSPS) is 10.9. The highest BCUT2D eigenvalue weighted by atomic mass is 16.3. The summed E-state index contributed by atoms with van der Waals surface area (Å²) < 4.78 is 5.57. The number of aromatic nitrogens is 2. The Kier molecular flexibility index (Phi) is 2.00. The number of nitrogens with zero attached hydrogens (tertiary/aromatic N) is 2. The fourth-order valence-electron chi connectivity index (χ4n) is 1.57. The molecule has 3 heteroatoms. The Morgan fingerprint density at radius 1 is 1.15 bits per heavy atom. The maximum absolute atomic E-state index is 5.57. The molecule has 0 atom stereocenters. The maximum Gasteiger partial charge on any atom is 0.245 e. The fraction of sp³-hybridized carbons (Fsp3) is 0.400. The smallest absolute Gasteiger partial charge is 0.245 e. The van der Waals surface area contributed by atoms with Gasteiger partial charge in [-0.1, -0.05) is 13.8 Å². The van der Waals surface area contributed by atoms with Gasteiger partial charge in [0.15, 0.2) is 0 Å². The molecule has 2 aromatic rings. The van der Waals surface area contributed by atoms with Crippen LogP contribution >= 0.6 is 0 Å². The van der Waals surface area contributed by atoms with Crippen molar-refractivity contribution in [2.24, 2.45) is 0 Å². The van der Waals surface area contributed by atoms with E-state index >= 15 is 0 Å². The molecular formula is C10H12N2O. The van der Waals surface area contributed by atoms with Crippen LogP contribution in [0.2, 0.25) is 0 Å². The van der Waals surface area contributed by atoms with Crippen molar-refractivity contribution in [3.63, 3.8) is 0 Å². The van der Waals surface area contributed by atoms with Crippen LogP contribution in [-0.4, -0.2) is 9.97 Å². The zero-order valence-electron chi connectivity index (χ0n) is 7.87. The number of furan rings is 1. The molecule has 0 aliphatic rings. The van der Waals surface area contributed by atoms with Gasteiger partial charge in [-0.25, -0.2) is 9.97 Å². The molecular weight excluding hydrogens is 164 g/mol. The van der Waals surface area contributed by atoms with Gasteiger partial charge in [-0.2, -0.15) is 0 Å². The summed E-state index contributed by atoms with van der Waals surface area (Å²) in [7, 11) is 0. The average molecular weight is 176 g/mol. The van der Waals surface area contributed by atoms with E-state index in [0.29, 0.717) is 5.71 Å². The molecule has 2 rings (SSSR count). The van der Waals surface area contributed by atoms with E-state index in [1.54, 1.807) is 12.4 Å². The van der Waals surface area contributed by atoms with Gasteiger partial charge in [0.05, 0.1) is 0 Å². The molecule has 0 aliphatic carbocycles. The standard InChI is InChI=1S/C10H12N2O/c1-3-7-8(4-2)13-10-9(7)11-5-6-12-10/h5-6H,3-4H2,1-2H3. The lowest BCUT2D eigenvalue weighted by molar-refractivity contribution is 0.541. The van der Waals surface area contributed by atoms with E-state index in [4.69, 9.17) is 4.42 Å². The van der Waals surface area contributed by atoms with Gasteiger partial charge in [0.2, 0.25) is 5.71 Å². The summed E-state index contributed by atoms with van der Waals surface area (Å²) in [4.78, 5) is 8.39. The number of fused-ring (bicyclic) bond motifs is 1. The molecule has 2 aromatic heterocycles. The molecule has 0 fully saturated rings. The third-order valence-electron chi connectivity index (χ3n) is 2.18. The van der Waals surface area contributed by atoms with Crippen LogP contribution in [0.1, 0.15) is 25.2 Å². The van der Waals surface area contributed by atoms with Crippen molar-refractivity contribution in [1.82, 2.24) is 9.97 Å². The van der Waals surface area contributed by atoms with Crippen molar-refractivity contribution in [3.8, 4) is 0 Å². The molecule has 0 radical (unpaired) electrons. The molecule has 0 N–H and O–H groups in total. The Hall–Kier alpha value is -1.38. The Morgan fingerprint density at radius 3 is 2.62 bits per heavy atom. The minimum atomic E-state index is 0.663. The van der Waals surface area contributed by atoms with Crippen molar-refractivity contribution >= 4 is 11.2 Å². The van der Waals surface area contributed by atoms with Gasteiger partial charge >= 0.3 is 0 Å². The molecule has 68 valence electrons. The zero-order valence-corrected chi connectivity index (χ0v) is 7.87. The predicted octanol–water partition coefficient (Wildman–Crippen LogP) is 2.35. The first-order valence-corrected chi connectivity index (χ1v) is 4.58. The molecule has 0 spiro atoms. The molecule has 0 saturated heterocycles. The quantitative estimate of drug-likeness (QED) is 0.705. The van der Waals surface area contributed by atoms with Gasteiger partial charge < -0.3 is 4.42 Å². The Labute approximate surface area is 76.8 Å². The number of hydrogen-bond donors (Lipinski definition) is 0. The van der Waals surface area contributed by atoms with Crippen molar-refractivity contribution in [1.29, 1.82) is 0 Å². The summed E-state index contributed by atoms with van der Waals surface area (Å²) in [6.45, 7) is 4.19. The SMILES string of the molecule is CCc1oc2nccnc2c1CC. The van der Waals surface area contributed by atoms with E-state index in [0.717, 1.165) is 24.1 Å². The predicted molar refractivity (Wildman–Crippen MR) is 50.6 cm³/mol. The van der Waals surface area contributed by atoms with Crippen LogP contribution in [0.3, 0.4) is 0 Å². The minimum absolute atomic E-state index is 0.663. The summed E-state index contributed by atoms with van der Waals surface area (Å²) in [5, 5.41) is 0. The molecule has 3 nitrogen and oxygen atoms in total. The van der Waals surface area contributed by atoms with Crippen molar-refractivity contribution < 1.29 is 4.42 Å². The molecule has 0 aromatic carbocycles. The number of rotatable bonds is 2. The summed E-state index contributed by atoms with van der Waals surface area (Å²) >= 11 is 0. The van der Waals surface area contributed by atoms with Gasteiger partial charge in [0.25, 0.3) is 0 Å². The fourth-order valence-corrected chi connectivity index (χ4v) is 1.57. The van der Waals surface area contributed by atoms with E-state index in [2.05, 4.69) is 23.8 Å². The summed E-state index contributed by atoms with van der Waals surface area (Å²) in [5.41, 5.74) is 2.78. The van der Waals surface area contributed by atoms with Crippen molar-refractivity contribution in [3.05, 3.63) is 23.7 Å². The lowest BCUT2D eigenvalue weighted by atomic mass is 10.1. The first kappa shape index (κ1) is 8.23. The van der Waals surface area contributed by atoms with Crippen molar-refractivity contribution in [2.75, 3.05) is 0 Å². The second-order valence-corrected chi connectivity index (χ2v) is 2.92. The van der Waals surface area contributed by atoms with Gasteiger partial charge in [-0.3, -0.25) is 0 Å². The lowest BCUT2D eigenvalue weighted by Gasteiger charge is -1.92. The molecule has 0 aliphatic heterocycles. The third kappa shape index (κ3) is 1.20. The highest BCUT2D eigenvalue weighted by molar-refractivity contribution is 5.73. The second-order valence-electron chi connectivity index (χ2n) is 2.92. The Morgan fingerprint density at radius 2 is 1.92 bits per heavy atom. The van der Waals surface area contributed by atoms with Crippen LogP contribution in [-0.2, 0) is 12.8 Å². The van der Waals surface area contributed by atoms with E-state index in [9.17, 15) is 0 Å². The van der Waals surface area contributed by atoms with Crippen LogP contribution < -0.4 is 0 Å². The van der Waals surface area contributed by atoms with Crippen LogP contribution in [0, 0.1) is 0 Å². The summed E-state index contributed by atoms with van der Waals surface area (Å²) in [6, 6.07) is 0. The van der Waals surface area contributed by atoms with Crippen LogP contribution in [0.15, 0.2) is 16.8 Å². The highest BCUT2D eigenvalue weighted by Crippen LogP contribution is 2.22. The second kappa shape index (κ2) is 3.17. The maximum atomic E-state index is 5.57. The summed E-state index contributed by atoms with van der Waals surface area (Å²) in [5.74, 6) is 1.02.